The van der Waals surface area contributed by atoms with Crippen molar-refractivity contribution >= 4 is 5.91 Å². The fourth-order valence-corrected chi connectivity index (χ4v) is 5.14. The molecule has 6 nitrogen and oxygen atoms in total. The molecule has 176 valence electrons. The molecule has 0 bridgehead atoms. The van der Waals surface area contributed by atoms with E-state index in [1.165, 1.54) is 5.56 Å². The van der Waals surface area contributed by atoms with E-state index in [-0.39, 0.29) is 11.8 Å². The molecule has 2 aromatic carbocycles. The molecule has 6 heteroatoms. The van der Waals surface area contributed by atoms with Gasteiger partial charge in [-0.1, -0.05) is 48.0 Å². The van der Waals surface area contributed by atoms with E-state index in [0.29, 0.717) is 25.6 Å². The predicted octanol–water partition coefficient (Wildman–Crippen LogP) is 5.03. The van der Waals surface area contributed by atoms with Crippen LogP contribution < -0.4 is 4.74 Å². The second-order valence-corrected chi connectivity index (χ2v) is 9.35. The first-order chi connectivity index (χ1) is 16.6. The van der Waals surface area contributed by atoms with Crippen LogP contribution in [0.4, 0.5) is 0 Å². The van der Waals surface area contributed by atoms with Crippen molar-refractivity contribution in [3.05, 3.63) is 83.8 Å². The van der Waals surface area contributed by atoms with Crippen LogP contribution >= 0.6 is 0 Å². The number of hydrogen-bond donors (Lipinski definition) is 0. The molecule has 34 heavy (non-hydrogen) atoms. The molecule has 3 aromatic rings. The molecule has 3 heterocycles. The van der Waals surface area contributed by atoms with Gasteiger partial charge >= 0.3 is 0 Å². The third-order valence-corrected chi connectivity index (χ3v) is 7.08. The van der Waals surface area contributed by atoms with Crippen molar-refractivity contribution in [1.29, 1.82) is 0 Å². The average molecular weight is 458 g/mol. The number of amides is 1. The number of carbonyl (C=O) groups excluding carboxylic acids is 1. The Labute approximate surface area is 201 Å². The van der Waals surface area contributed by atoms with Gasteiger partial charge in [0, 0.05) is 38.4 Å². The quantitative estimate of drug-likeness (QED) is 0.538. The zero-order valence-electron chi connectivity index (χ0n) is 19.7. The molecule has 0 unspecified atom stereocenters. The predicted molar refractivity (Wildman–Crippen MR) is 130 cm³/mol. The molecular formula is C28H31N3O3. The summed E-state index contributed by atoms with van der Waals surface area (Å²) in [6, 6.07) is 18.0. The number of hydrogen-bond acceptors (Lipinski definition) is 5. The average Bonchev–Trinajstić information content (AvgIpc) is 2.90. The van der Waals surface area contributed by atoms with Crippen LogP contribution in [0, 0.1) is 6.92 Å². The number of piperidine rings is 1. The molecule has 5 rings (SSSR count). The highest BCUT2D eigenvalue weighted by atomic mass is 16.5. The summed E-state index contributed by atoms with van der Waals surface area (Å²) < 4.78 is 11.6. The molecule has 0 radical (unpaired) electrons. The van der Waals surface area contributed by atoms with E-state index in [0.717, 1.165) is 49.2 Å². The van der Waals surface area contributed by atoms with Crippen LogP contribution in [0.25, 0.3) is 0 Å². The zero-order chi connectivity index (χ0) is 23.4. The van der Waals surface area contributed by atoms with Crippen LogP contribution in [0.15, 0.2) is 67.0 Å². The lowest BCUT2D eigenvalue weighted by atomic mass is 9.72. The van der Waals surface area contributed by atoms with Crippen LogP contribution in [0.1, 0.15) is 48.4 Å². The molecule has 0 N–H and O–H groups in total. The van der Waals surface area contributed by atoms with E-state index in [4.69, 9.17) is 14.5 Å². The van der Waals surface area contributed by atoms with Crippen molar-refractivity contribution in [2.45, 2.75) is 43.9 Å². The SMILES string of the molecule is Cc1ccc(C2(C(=O)N3CCC[C@@H](c4cncc(Oc5ccccc5)n4)C3)CCOCC2)cc1. The summed E-state index contributed by atoms with van der Waals surface area (Å²) in [7, 11) is 0. The minimum atomic E-state index is -0.516. The molecule has 2 saturated heterocycles. The van der Waals surface area contributed by atoms with Gasteiger partial charge < -0.3 is 14.4 Å². The summed E-state index contributed by atoms with van der Waals surface area (Å²) in [5.74, 6) is 1.56. The number of para-hydroxylation sites is 1. The van der Waals surface area contributed by atoms with Gasteiger partial charge in [-0.05, 0) is 50.3 Å². The van der Waals surface area contributed by atoms with Crippen molar-refractivity contribution in [1.82, 2.24) is 14.9 Å². The van der Waals surface area contributed by atoms with Gasteiger partial charge in [0.05, 0.1) is 17.3 Å². The van der Waals surface area contributed by atoms with E-state index in [2.05, 4.69) is 36.2 Å². The molecule has 0 aliphatic carbocycles. The Morgan fingerprint density at radius 3 is 2.59 bits per heavy atom. The molecule has 2 fully saturated rings. The zero-order valence-corrected chi connectivity index (χ0v) is 19.7. The van der Waals surface area contributed by atoms with Gasteiger partial charge in [-0.25, -0.2) is 4.98 Å². The first kappa shape index (κ1) is 22.5. The van der Waals surface area contributed by atoms with Crippen molar-refractivity contribution in [3.63, 3.8) is 0 Å². The summed E-state index contributed by atoms with van der Waals surface area (Å²) in [5, 5.41) is 0. The van der Waals surface area contributed by atoms with Crippen molar-refractivity contribution in [2.75, 3.05) is 26.3 Å². The van der Waals surface area contributed by atoms with Crippen molar-refractivity contribution < 1.29 is 14.3 Å². The Balaban J connectivity index is 1.36. The fraction of sp³-hybridized carbons (Fsp3) is 0.393. The van der Waals surface area contributed by atoms with Crippen molar-refractivity contribution in [2.24, 2.45) is 0 Å². The molecule has 1 amide bonds. The lowest BCUT2D eigenvalue weighted by Crippen LogP contribution is -2.52. The van der Waals surface area contributed by atoms with E-state index in [9.17, 15) is 4.79 Å². The monoisotopic (exact) mass is 457 g/mol. The Bertz CT molecular complexity index is 1110. The number of nitrogens with zero attached hydrogens (tertiary/aromatic N) is 3. The maximum Gasteiger partial charge on any atom is 0.238 e. The first-order valence-electron chi connectivity index (χ1n) is 12.1. The summed E-state index contributed by atoms with van der Waals surface area (Å²) in [5.41, 5.74) is 2.67. The minimum Gasteiger partial charge on any atom is -0.437 e. The summed E-state index contributed by atoms with van der Waals surface area (Å²) in [4.78, 5) is 25.2. The Kier molecular flexibility index (Phi) is 6.59. The highest BCUT2D eigenvalue weighted by molar-refractivity contribution is 5.88. The fourth-order valence-electron chi connectivity index (χ4n) is 5.14. The number of aromatic nitrogens is 2. The Hall–Kier alpha value is -3.25. The van der Waals surface area contributed by atoms with Gasteiger partial charge in [0.15, 0.2) is 0 Å². The largest absolute Gasteiger partial charge is 0.437 e. The molecular weight excluding hydrogens is 426 g/mol. The minimum absolute atomic E-state index is 0.138. The van der Waals surface area contributed by atoms with Gasteiger partial charge in [-0.2, -0.15) is 0 Å². The second-order valence-electron chi connectivity index (χ2n) is 9.35. The smallest absolute Gasteiger partial charge is 0.238 e. The summed E-state index contributed by atoms with van der Waals surface area (Å²) in [6.07, 6.45) is 6.81. The Morgan fingerprint density at radius 2 is 1.82 bits per heavy atom. The normalized spacial score (nSPS) is 20.0. The first-order valence-corrected chi connectivity index (χ1v) is 12.1. The summed E-state index contributed by atoms with van der Waals surface area (Å²) in [6.45, 7) is 4.73. The number of rotatable bonds is 5. The standard InChI is InChI=1S/C28H31N3O3/c1-21-9-11-23(12-10-21)28(13-16-33-17-14-28)27(32)31-15-5-6-22(20-31)25-18-29-19-26(30-25)34-24-7-3-2-4-8-24/h2-4,7-12,18-19,22H,5-6,13-17,20H2,1H3/t22-/m1/s1. The number of carbonyl (C=O) groups is 1. The molecule has 0 saturated carbocycles. The van der Waals surface area contributed by atoms with Gasteiger partial charge in [0.25, 0.3) is 0 Å². The van der Waals surface area contributed by atoms with Gasteiger partial charge in [-0.3, -0.25) is 9.78 Å². The second kappa shape index (κ2) is 9.94. The topological polar surface area (TPSA) is 64.6 Å². The van der Waals surface area contributed by atoms with E-state index < -0.39 is 5.41 Å². The molecule has 0 spiro atoms. The maximum absolute atomic E-state index is 14.1. The molecule has 2 aliphatic rings. The van der Waals surface area contributed by atoms with Crippen LogP contribution in [0.3, 0.4) is 0 Å². The highest BCUT2D eigenvalue weighted by Crippen LogP contribution is 2.39. The molecule has 1 aromatic heterocycles. The Morgan fingerprint density at radius 1 is 1.06 bits per heavy atom. The van der Waals surface area contributed by atoms with Gasteiger partial charge in [0.1, 0.15) is 5.75 Å². The van der Waals surface area contributed by atoms with Gasteiger partial charge in [-0.15, -0.1) is 0 Å². The van der Waals surface area contributed by atoms with E-state index in [1.54, 1.807) is 12.4 Å². The third kappa shape index (κ3) is 4.68. The number of ether oxygens (including phenoxy) is 2. The highest BCUT2D eigenvalue weighted by Gasteiger charge is 2.45. The molecule has 1 atom stereocenters. The summed E-state index contributed by atoms with van der Waals surface area (Å²) >= 11 is 0. The lowest BCUT2D eigenvalue weighted by Gasteiger charge is -2.42. The molecule has 2 aliphatic heterocycles. The van der Waals surface area contributed by atoms with Crippen LogP contribution in [0.5, 0.6) is 11.6 Å². The maximum atomic E-state index is 14.1. The van der Waals surface area contributed by atoms with Gasteiger partial charge in [0.2, 0.25) is 11.8 Å². The van der Waals surface area contributed by atoms with Crippen molar-refractivity contribution in [3.8, 4) is 11.6 Å². The van der Waals surface area contributed by atoms with Crippen LogP contribution in [-0.4, -0.2) is 47.1 Å². The lowest BCUT2D eigenvalue weighted by molar-refractivity contribution is -0.142. The third-order valence-electron chi connectivity index (χ3n) is 7.08. The number of aryl methyl sites for hydroxylation is 1. The van der Waals surface area contributed by atoms with E-state index in [1.807, 2.05) is 35.2 Å². The van der Waals surface area contributed by atoms with Crippen LogP contribution in [0.2, 0.25) is 0 Å². The number of benzene rings is 2. The van der Waals surface area contributed by atoms with Crippen LogP contribution in [-0.2, 0) is 14.9 Å². The number of likely N-dealkylation sites (tertiary alicyclic amines) is 1. The van der Waals surface area contributed by atoms with E-state index >= 15 is 0 Å².